The first-order chi connectivity index (χ1) is 9.19. The molecule has 0 N–H and O–H groups in total. The number of aliphatic imine (C=N–C) groups is 1. The maximum atomic E-state index is 11.5. The number of carbonyl (C=O) groups excluding carboxylic acids is 1. The van der Waals surface area contributed by atoms with Crippen LogP contribution >= 0.6 is 11.6 Å². The number of hydrogen-bond acceptors (Lipinski definition) is 6. The summed E-state index contributed by atoms with van der Waals surface area (Å²) in [5, 5.41) is 0.451. The lowest BCUT2D eigenvalue weighted by Gasteiger charge is -2.17. The average Bonchev–Trinajstić information content (AvgIpc) is 3.04. The van der Waals surface area contributed by atoms with Crippen LogP contribution in [0, 0.1) is 5.92 Å². The number of likely N-dealkylation sites (tertiary alicyclic amines) is 1. The van der Waals surface area contributed by atoms with Crippen LogP contribution in [0.15, 0.2) is 11.3 Å². The Morgan fingerprint density at radius 2 is 2.37 bits per heavy atom. The maximum absolute atomic E-state index is 11.5. The van der Waals surface area contributed by atoms with E-state index < -0.39 is 0 Å². The molecule has 0 saturated carbocycles. The summed E-state index contributed by atoms with van der Waals surface area (Å²) in [5.74, 6) is 1.31. The Bertz CT molecular complexity index is 561. The van der Waals surface area contributed by atoms with Crippen LogP contribution in [0.25, 0.3) is 0 Å². The Morgan fingerprint density at radius 1 is 1.53 bits per heavy atom. The van der Waals surface area contributed by atoms with Gasteiger partial charge < -0.3 is 9.64 Å². The molecule has 0 bridgehead atoms. The predicted molar refractivity (Wildman–Crippen MR) is 69.5 cm³/mol. The monoisotopic (exact) mass is 280 g/mol. The minimum absolute atomic E-state index is 0.0713. The van der Waals surface area contributed by atoms with Crippen LogP contribution in [0.2, 0.25) is 5.15 Å². The number of amidine groups is 1. The fourth-order valence-electron chi connectivity index (χ4n) is 2.49. The molecule has 0 aliphatic carbocycles. The topological polar surface area (TPSA) is 67.7 Å². The third kappa shape index (κ3) is 2.16. The number of hydrogen-bond donors (Lipinski definition) is 0. The van der Waals surface area contributed by atoms with Crippen molar-refractivity contribution in [1.82, 2.24) is 14.9 Å². The highest BCUT2D eigenvalue weighted by atomic mass is 35.5. The van der Waals surface area contributed by atoms with E-state index in [0.717, 1.165) is 24.4 Å². The third-order valence-electron chi connectivity index (χ3n) is 3.53. The van der Waals surface area contributed by atoms with Crippen molar-refractivity contribution in [3.8, 4) is 0 Å². The van der Waals surface area contributed by atoms with E-state index in [4.69, 9.17) is 16.3 Å². The van der Waals surface area contributed by atoms with Gasteiger partial charge in [-0.05, 0) is 6.42 Å². The molecule has 1 atom stereocenters. The van der Waals surface area contributed by atoms with E-state index in [0.29, 0.717) is 23.9 Å². The number of methoxy groups -OCH3 is 1. The predicted octanol–water partition coefficient (Wildman–Crippen LogP) is 1.21. The van der Waals surface area contributed by atoms with Crippen LogP contribution in [-0.4, -0.2) is 46.9 Å². The highest BCUT2D eigenvalue weighted by molar-refractivity contribution is 6.30. The van der Waals surface area contributed by atoms with Gasteiger partial charge >= 0.3 is 5.97 Å². The number of aromatic nitrogens is 2. The molecule has 2 aliphatic rings. The van der Waals surface area contributed by atoms with Gasteiger partial charge in [0.15, 0.2) is 5.82 Å². The normalized spacial score (nSPS) is 21.3. The van der Waals surface area contributed by atoms with Crippen molar-refractivity contribution in [2.75, 3.05) is 20.2 Å². The van der Waals surface area contributed by atoms with Gasteiger partial charge in [-0.1, -0.05) is 11.6 Å². The molecule has 6 nitrogen and oxygen atoms in total. The van der Waals surface area contributed by atoms with E-state index in [1.165, 1.54) is 13.4 Å². The average molecular weight is 281 g/mol. The number of halogens is 1. The zero-order valence-electron chi connectivity index (χ0n) is 10.5. The molecular weight excluding hydrogens is 268 g/mol. The summed E-state index contributed by atoms with van der Waals surface area (Å²) in [6.07, 6.45) is 2.83. The zero-order valence-corrected chi connectivity index (χ0v) is 11.2. The first kappa shape index (κ1) is 12.3. The van der Waals surface area contributed by atoms with Crippen LogP contribution in [0.4, 0.5) is 5.82 Å². The molecule has 1 aromatic rings. The van der Waals surface area contributed by atoms with Crippen molar-refractivity contribution < 1.29 is 9.53 Å². The Balaban J connectivity index is 1.74. The molecule has 0 amide bonds. The van der Waals surface area contributed by atoms with E-state index in [1.54, 1.807) is 0 Å². The van der Waals surface area contributed by atoms with E-state index in [1.807, 2.05) is 0 Å². The summed E-state index contributed by atoms with van der Waals surface area (Å²) in [6, 6.07) is 0. The van der Waals surface area contributed by atoms with Gasteiger partial charge in [-0.15, -0.1) is 0 Å². The number of nitrogens with zero attached hydrogens (tertiary/aromatic N) is 4. The second-order valence-corrected chi connectivity index (χ2v) is 4.98. The zero-order chi connectivity index (χ0) is 13.4. The largest absolute Gasteiger partial charge is 0.469 e. The summed E-state index contributed by atoms with van der Waals surface area (Å²) < 4.78 is 4.78. The molecule has 3 rings (SSSR count). The minimum Gasteiger partial charge on any atom is -0.469 e. The lowest BCUT2D eigenvalue weighted by atomic mass is 10.1. The lowest BCUT2D eigenvalue weighted by Crippen LogP contribution is -2.30. The van der Waals surface area contributed by atoms with Crippen molar-refractivity contribution in [2.45, 2.75) is 12.8 Å². The first-order valence-corrected chi connectivity index (χ1v) is 6.46. The van der Waals surface area contributed by atoms with E-state index in [2.05, 4.69) is 19.9 Å². The standard InChI is InChI=1S/C12H13ClN4O2/c1-19-12(18)7-2-3-17(5-7)9-4-8-10(13)14-6-15-11(8)16-9/h6-7H,2-5H2,1H3. The molecule has 0 spiro atoms. The van der Waals surface area contributed by atoms with Crippen LogP contribution in [0.3, 0.4) is 0 Å². The molecular formula is C12H13ClN4O2. The number of carbonyl (C=O) groups is 1. The molecule has 1 unspecified atom stereocenters. The van der Waals surface area contributed by atoms with E-state index in [-0.39, 0.29) is 11.9 Å². The van der Waals surface area contributed by atoms with Crippen LogP contribution in [0.5, 0.6) is 0 Å². The molecule has 2 aliphatic heterocycles. The number of fused-ring (bicyclic) bond motifs is 1. The van der Waals surface area contributed by atoms with Crippen molar-refractivity contribution in [3.05, 3.63) is 17.0 Å². The van der Waals surface area contributed by atoms with Gasteiger partial charge in [-0.2, -0.15) is 0 Å². The van der Waals surface area contributed by atoms with Crippen LogP contribution < -0.4 is 0 Å². The van der Waals surface area contributed by atoms with Crippen LogP contribution in [-0.2, 0) is 16.0 Å². The summed E-state index contributed by atoms with van der Waals surface area (Å²) in [5.41, 5.74) is 0.862. The fourth-order valence-corrected chi connectivity index (χ4v) is 2.68. The van der Waals surface area contributed by atoms with Gasteiger partial charge in [-0.3, -0.25) is 4.79 Å². The van der Waals surface area contributed by atoms with Crippen molar-refractivity contribution in [1.29, 1.82) is 0 Å². The van der Waals surface area contributed by atoms with Gasteiger partial charge in [0, 0.05) is 25.1 Å². The second kappa shape index (κ2) is 4.77. The first-order valence-electron chi connectivity index (χ1n) is 6.08. The van der Waals surface area contributed by atoms with E-state index in [9.17, 15) is 4.79 Å². The molecule has 7 heteroatoms. The summed E-state index contributed by atoms with van der Waals surface area (Å²) in [4.78, 5) is 26.1. The van der Waals surface area contributed by atoms with Crippen molar-refractivity contribution >= 4 is 29.2 Å². The SMILES string of the molecule is COC(=O)C1CCN(C2=Nc3ncnc(Cl)c3C2)C1. The summed E-state index contributed by atoms with van der Waals surface area (Å²) in [6.45, 7) is 1.45. The Kier molecular flexibility index (Phi) is 3.10. The Labute approximate surface area is 115 Å². The molecule has 1 aromatic heterocycles. The Morgan fingerprint density at radius 3 is 3.11 bits per heavy atom. The fraction of sp³-hybridized carbons (Fsp3) is 0.500. The summed E-state index contributed by atoms with van der Waals surface area (Å²) in [7, 11) is 1.42. The highest BCUT2D eigenvalue weighted by Crippen LogP contribution is 2.31. The minimum atomic E-state index is -0.156. The Hall–Kier alpha value is -1.69. The molecule has 1 fully saturated rings. The molecule has 1 saturated heterocycles. The van der Waals surface area contributed by atoms with Gasteiger partial charge in [0.1, 0.15) is 17.3 Å². The molecule has 100 valence electrons. The number of rotatable bonds is 1. The third-order valence-corrected chi connectivity index (χ3v) is 3.85. The van der Waals surface area contributed by atoms with Crippen molar-refractivity contribution in [2.24, 2.45) is 10.9 Å². The van der Waals surface area contributed by atoms with Crippen LogP contribution in [0.1, 0.15) is 12.0 Å². The maximum Gasteiger partial charge on any atom is 0.310 e. The molecule has 0 aromatic carbocycles. The van der Waals surface area contributed by atoms with Gasteiger partial charge in [0.05, 0.1) is 13.0 Å². The highest BCUT2D eigenvalue weighted by Gasteiger charge is 2.33. The molecule has 19 heavy (non-hydrogen) atoms. The van der Waals surface area contributed by atoms with E-state index >= 15 is 0 Å². The summed E-state index contributed by atoms with van der Waals surface area (Å²) >= 11 is 6.03. The molecule has 3 heterocycles. The van der Waals surface area contributed by atoms with Gasteiger partial charge in [-0.25, -0.2) is 15.0 Å². The second-order valence-electron chi connectivity index (χ2n) is 4.63. The number of esters is 1. The lowest BCUT2D eigenvalue weighted by molar-refractivity contribution is -0.144. The number of ether oxygens (including phenoxy) is 1. The van der Waals surface area contributed by atoms with Gasteiger partial charge in [0.25, 0.3) is 0 Å². The smallest absolute Gasteiger partial charge is 0.310 e. The molecule has 0 radical (unpaired) electrons. The van der Waals surface area contributed by atoms with Crippen molar-refractivity contribution in [3.63, 3.8) is 0 Å². The van der Waals surface area contributed by atoms with Gasteiger partial charge in [0.2, 0.25) is 0 Å². The quantitative estimate of drug-likeness (QED) is 0.571.